The average molecular weight is 520 g/mol. The summed E-state index contributed by atoms with van der Waals surface area (Å²) in [4.78, 5) is 13.3. The molecule has 0 aliphatic rings. The van der Waals surface area contributed by atoms with Crippen molar-refractivity contribution in [2.24, 2.45) is 4.99 Å². The summed E-state index contributed by atoms with van der Waals surface area (Å²) in [6.45, 7) is 5.89. The number of rotatable bonds is 8. The second kappa shape index (κ2) is 12.3. The third-order valence-electron chi connectivity index (χ3n) is 4.54. The van der Waals surface area contributed by atoms with Crippen LogP contribution in [0.4, 0.5) is 0 Å². The lowest BCUT2D eigenvalue weighted by Gasteiger charge is -2.14. The Balaban J connectivity index is 0.00000320. The van der Waals surface area contributed by atoms with Gasteiger partial charge in [-0.3, -0.25) is 4.57 Å². The number of hydrogen-bond donors (Lipinski definition) is 3. The molecular formula is C22H29IN6O. The van der Waals surface area contributed by atoms with Gasteiger partial charge in [-0.05, 0) is 37.5 Å². The number of imidazole rings is 1. The van der Waals surface area contributed by atoms with Crippen LogP contribution in [0.15, 0.2) is 66.0 Å². The Labute approximate surface area is 194 Å². The molecule has 0 radical (unpaired) electrons. The molecule has 0 spiro atoms. The molecular weight excluding hydrogens is 491 g/mol. The first kappa shape index (κ1) is 23.8. The van der Waals surface area contributed by atoms with Gasteiger partial charge in [0, 0.05) is 31.7 Å². The topological polar surface area (TPSA) is 87.4 Å². The lowest BCUT2D eigenvalue weighted by Crippen LogP contribution is -2.38. The van der Waals surface area contributed by atoms with Crippen LogP contribution in [0.5, 0.6) is 0 Å². The number of aliphatic hydroxyl groups excluding tert-OH is 1. The fraction of sp³-hybridized carbons (Fsp3) is 0.318. The molecule has 0 amide bonds. The standard InChI is InChI=1S/C22H28N6O.HI/c1-3-23-22(25-12-11-20(29)19-7-5-4-6-8-19)27-16-18-9-10-21(26-15-18)28-14-13-24-17(28)2;/h4-10,13-15,20,29H,3,11-12,16H2,1-2H3,(H2,23,25,27);1H. The third kappa shape index (κ3) is 6.81. The highest BCUT2D eigenvalue weighted by atomic mass is 127. The number of nitrogens with zero attached hydrogens (tertiary/aromatic N) is 4. The highest BCUT2D eigenvalue weighted by Crippen LogP contribution is 2.14. The molecule has 7 nitrogen and oxygen atoms in total. The maximum absolute atomic E-state index is 10.3. The van der Waals surface area contributed by atoms with Gasteiger partial charge in [-0.25, -0.2) is 15.0 Å². The van der Waals surface area contributed by atoms with Crippen LogP contribution in [-0.2, 0) is 6.54 Å². The number of hydrogen-bond acceptors (Lipinski definition) is 4. The summed E-state index contributed by atoms with van der Waals surface area (Å²) >= 11 is 0. The van der Waals surface area contributed by atoms with E-state index in [1.54, 1.807) is 6.20 Å². The molecule has 1 aromatic carbocycles. The summed E-state index contributed by atoms with van der Waals surface area (Å²) in [5.41, 5.74) is 1.95. The summed E-state index contributed by atoms with van der Waals surface area (Å²) in [7, 11) is 0. The minimum Gasteiger partial charge on any atom is -0.388 e. The molecule has 2 aromatic heterocycles. The van der Waals surface area contributed by atoms with E-state index in [4.69, 9.17) is 0 Å². The number of aliphatic hydroxyl groups is 1. The van der Waals surface area contributed by atoms with E-state index >= 15 is 0 Å². The summed E-state index contributed by atoms with van der Waals surface area (Å²) in [6, 6.07) is 13.7. The van der Waals surface area contributed by atoms with E-state index in [-0.39, 0.29) is 24.0 Å². The highest BCUT2D eigenvalue weighted by molar-refractivity contribution is 14.0. The molecule has 8 heteroatoms. The van der Waals surface area contributed by atoms with Gasteiger partial charge in [0.05, 0.1) is 12.6 Å². The molecule has 3 aromatic rings. The van der Waals surface area contributed by atoms with E-state index in [9.17, 15) is 5.11 Å². The molecule has 0 aliphatic heterocycles. The molecule has 0 saturated heterocycles. The lowest BCUT2D eigenvalue weighted by atomic mass is 10.1. The number of halogens is 1. The maximum atomic E-state index is 10.3. The lowest BCUT2D eigenvalue weighted by molar-refractivity contribution is 0.168. The first-order chi connectivity index (χ1) is 14.2. The molecule has 0 fully saturated rings. The first-order valence-corrected chi connectivity index (χ1v) is 9.88. The molecule has 0 aliphatic carbocycles. The van der Waals surface area contributed by atoms with E-state index in [1.165, 1.54) is 0 Å². The molecule has 0 saturated carbocycles. The van der Waals surface area contributed by atoms with Crippen molar-refractivity contribution in [3.05, 3.63) is 78.0 Å². The molecule has 1 unspecified atom stereocenters. The Morgan fingerprint density at radius 1 is 1.13 bits per heavy atom. The third-order valence-corrected chi connectivity index (χ3v) is 4.54. The van der Waals surface area contributed by atoms with Crippen molar-refractivity contribution in [3.63, 3.8) is 0 Å². The monoisotopic (exact) mass is 520 g/mol. The van der Waals surface area contributed by atoms with Crippen LogP contribution in [0.2, 0.25) is 0 Å². The van der Waals surface area contributed by atoms with Crippen molar-refractivity contribution in [1.82, 2.24) is 25.2 Å². The summed E-state index contributed by atoms with van der Waals surface area (Å²) in [5.74, 6) is 2.47. The Bertz CT molecular complexity index is 911. The predicted molar refractivity (Wildman–Crippen MR) is 130 cm³/mol. The van der Waals surface area contributed by atoms with E-state index in [0.29, 0.717) is 19.5 Å². The van der Waals surface area contributed by atoms with Gasteiger partial charge < -0.3 is 15.7 Å². The van der Waals surface area contributed by atoms with E-state index in [1.807, 2.05) is 73.3 Å². The predicted octanol–water partition coefficient (Wildman–Crippen LogP) is 3.37. The van der Waals surface area contributed by atoms with Crippen molar-refractivity contribution in [2.75, 3.05) is 13.1 Å². The zero-order valence-corrected chi connectivity index (χ0v) is 19.7. The normalized spacial score (nSPS) is 12.2. The van der Waals surface area contributed by atoms with Gasteiger partial charge in [-0.1, -0.05) is 36.4 Å². The van der Waals surface area contributed by atoms with Crippen LogP contribution < -0.4 is 10.6 Å². The van der Waals surface area contributed by atoms with Gasteiger partial charge in [-0.15, -0.1) is 24.0 Å². The van der Waals surface area contributed by atoms with Crippen LogP contribution in [0, 0.1) is 6.92 Å². The fourth-order valence-electron chi connectivity index (χ4n) is 2.95. The number of guanidine groups is 1. The van der Waals surface area contributed by atoms with Crippen LogP contribution in [-0.4, -0.2) is 38.7 Å². The number of nitrogens with one attached hydrogen (secondary N) is 2. The summed E-state index contributed by atoms with van der Waals surface area (Å²) < 4.78 is 1.94. The van der Waals surface area contributed by atoms with Crippen molar-refractivity contribution in [1.29, 1.82) is 0 Å². The van der Waals surface area contributed by atoms with Crippen LogP contribution in [0.25, 0.3) is 5.82 Å². The quantitative estimate of drug-likeness (QED) is 0.241. The molecule has 1 atom stereocenters. The average Bonchev–Trinajstić information content (AvgIpc) is 3.19. The Morgan fingerprint density at radius 2 is 1.93 bits per heavy atom. The van der Waals surface area contributed by atoms with Gasteiger partial charge in [0.15, 0.2) is 5.96 Å². The summed E-state index contributed by atoms with van der Waals surface area (Å²) in [6.07, 6.45) is 5.61. The maximum Gasteiger partial charge on any atom is 0.191 e. The minimum atomic E-state index is -0.491. The van der Waals surface area contributed by atoms with Crippen molar-refractivity contribution in [2.45, 2.75) is 32.9 Å². The zero-order valence-electron chi connectivity index (χ0n) is 17.3. The largest absolute Gasteiger partial charge is 0.388 e. The number of aromatic nitrogens is 3. The molecule has 30 heavy (non-hydrogen) atoms. The van der Waals surface area contributed by atoms with Gasteiger partial charge in [0.1, 0.15) is 11.6 Å². The SMILES string of the molecule is CCNC(=NCc1ccc(-n2ccnc2C)nc1)NCCC(O)c1ccccc1.I. The minimum absolute atomic E-state index is 0. The van der Waals surface area contributed by atoms with Crippen molar-refractivity contribution >= 4 is 29.9 Å². The van der Waals surface area contributed by atoms with E-state index < -0.39 is 6.10 Å². The van der Waals surface area contributed by atoms with E-state index in [2.05, 4.69) is 25.6 Å². The number of aliphatic imine (C=N–C) groups is 1. The Kier molecular flexibility index (Phi) is 9.75. The van der Waals surface area contributed by atoms with Gasteiger partial charge in [0.25, 0.3) is 0 Å². The summed E-state index contributed by atoms with van der Waals surface area (Å²) in [5, 5.41) is 16.8. The van der Waals surface area contributed by atoms with Gasteiger partial charge in [0.2, 0.25) is 0 Å². The smallest absolute Gasteiger partial charge is 0.191 e. The molecule has 3 N–H and O–H groups in total. The van der Waals surface area contributed by atoms with Gasteiger partial charge >= 0.3 is 0 Å². The van der Waals surface area contributed by atoms with Crippen molar-refractivity contribution < 1.29 is 5.11 Å². The second-order valence-electron chi connectivity index (χ2n) is 6.71. The van der Waals surface area contributed by atoms with Crippen LogP contribution in [0.1, 0.15) is 36.4 Å². The molecule has 160 valence electrons. The van der Waals surface area contributed by atoms with Crippen LogP contribution >= 0.6 is 24.0 Å². The van der Waals surface area contributed by atoms with Gasteiger partial charge in [-0.2, -0.15) is 0 Å². The number of pyridine rings is 1. The first-order valence-electron chi connectivity index (χ1n) is 9.88. The highest BCUT2D eigenvalue weighted by Gasteiger charge is 2.07. The van der Waals surface area contributed by atoms with Crippen molar-refractivity contribution in [3.8, 4) is 5.82 Å². The molecule has 2 heterocycles. The zero-order chi connectivity index (χ0) is 20.5. The Morgan fingerprint density at radius 3 is 2.57 bits per heavy atom. The van der Waals surface area contributed by atoms with Crippen LogP contribution in [0.3, 0.4) is 0 Å². The Hall–Kier alpha value is -2.46. The fourth-order valence-corrected chi connectivity index (χ4v) is 2.95. The molecule has 3 rings (SSSR count). The van der Waals surface area contributed by atoms with E-state index in [0.717, 1.165) is 35.3 Å². The number of aryl methyl sites for hydroxylation is 1. The second-order valence-corrected chi connectivity index (χ2v) is 6.71. The molecule has 0 bridgehead atoms. The number of benzene rings is 1.